The molecule has 1 aromatic carbocycles. The topological polar surface area (TPSA) is 94.0 Å². The van der Waals surface area contributed by atoms with Crippen molar-refractivity contribution < 1.29 is 9.47 Å². The SMILES string of the molecule is COc1cc(C#N)ccc1OCc1cnc(N)cn1. The molecule has 0 radical (unpaired) electrons. The minimum atomic E-state index is 0.246. The molecule has 6 nitrogen and oxygen atoms in total. The zero-order chi connectivity index (χ0) is 13.7. The predicted molar refractivity (Wildman–Crippen MR) is 68.5 cm³/mol. The summed E-state index contributed by atoms with van der Waals surface area (Å²) in [4.78, 5) is 8.00. The van der Waals surface area contributed by atoms with E-state index in [1.807, 2.05) is 6.07 Å². The first-order chi connectivity index (χ1) is 9.22. The van der Waals surface area contributed by atoms with Crippen LogP contribution in [0.25, 0.3) is 0 Å². The third-order valence-corrected chi connectivity index (χ3v) is 2.39. The van der Waals surface area contributed by atoms with Crippen LogP contribution in [-0.4, -0.2) is 17.1 Å². The van der Waals surface area contributed by atoms with Crippen molar-refractivity contribution in [1.29, 1.82) is 5.26 Å². The minimum Gasteiger partial charge on any atom is -0.493 e. The minimum absolute atomic E-state index is 0.246. The number of methoxy groups -OCH3 is 1. The van der Waals surface area contributed by atoms with Gasteiger partial charge in [0, 0.05) is 6.07 Å². The molecule has 0 unspecified atom stereocenters. The van der Waals surface area contributed by atoms with Crippen molar-refractivity contribution in [3.8, 4) is 17.6 Å². The van der Waals surface area contributed by atoms with Crippen LogP contribution >= 0.6 is 0 Å². The lowest BCUT2D eigenvalue weighted by molar-refractivity contribution is 0.280. The van der Waals surface area contributed by atoms with Gasteiger partial charge in [0.25, 0.3) is 0 Å². The van der Waals surface area contributed by atoms with Gasteiger partial charge in [-0.05, 0) is 12.1 Å². The number of anilines is 1. The molecule has 0 saturated heterocycles. The van der Waals surface area contributed by atoms with Crippen LogP contribution in [0.15, 0.2) is 30.6 Å². The van der Waals surface area contributed by atoms with Crippen molar-refractivity contribution in [3.63, 3.8) is 0 Å². The summed E-state index contributed by atoms with van der Waals surface area (Å²) < 4.78 is 10.7. The average molecular weight is 256 g/mol. The summed E-state index contributed by atoms with van der Waals surface area (Å²) in [7, 11) is 1.52. The van der Waals surface area contributed by atoms with Crippen LogP contribution < -0.4 is 15.2 Å². The molecule has 0 amide bonds. The van der Waals surface area contributed by atoms with Crippen LogP contribution in [-0.2, 0) is 6.61 Å². The maximum absolute atomic E-state index is 8.81. The molecule has 0 aliphatic carbocycles. The Kier molecular flexibility index (Phi) is 3.78. The van der Waals surface area contributed by atoms with Gasteiger partial charge in [0.15, 0.2) is 11.5 Å². The maximum Gasteiger partial charge on any atom is 0.162 e. The molecule has 2 N–H and O–H groups in total. The van der Waals surface area contributed by atoms with Crippen molar-refractivity contribution in [2.45, 2.75) is 6.61 Å². The van der Waals surface area contributed by atoms with Crippen LogP contribution in [0.5, 0.6) is 11.5 Å². The summed E-state index contributed by atoms with van der Waals surface area (Å²) in [6, 6.07) is 6.99. The van der Waals surface area contributed by atoms with Gasteiger partial charge in [-0.25, -0.2) is 4.98 Å². The van der Waals surface area contributed by atoms with Gasteiger partial charge in [-0.3, -0.25) is 4.98 Å². The largest absolute Gasteiger partial charge is 0.493 e. The Balaban J connectivity index is 2.11. The average Bonchev–Trinajstić information content (AvgIpc) is 2.46. The number of nitrogens with zero attached hydrogens (tertiary/aromatic N) is 3. The quantitative estimate of drug-likeness (QED) is 0.891. The molecular weight excluding hydrogens is 244 g/mol. The van der Waals surface area contributed by atoms with E-state index in [-0.39, 0.29) is 6.61 Å². The zero-order valence-electron chi connectivity index (χ0n) is 10.3. The van der Waals surface area contributed by atoms with E-state index >= 15 is 0 Å². The Morgan fingerprint density at radius 3 is 2.74 bits per heavy atom. The molecule has 1 heterocycles. The van der Waals surface area contributed by atoms with Crippen LogP contribution in [0.3, 0.4) is 0 Å². The molecule has 0 aliphatic heterocycles. The monoisotopic (exact) mass is 256 g/mol. The molecular formula is C13H12N4O2. The number of hydrogen-bond acceptors (Lipinski definition) is 6. The van der Waals surface area contributed by atoms with E-state index in [2.05, 4.69) is 9.97 Å². The van der Waals surface area contributed by atoms with Gasteiger partial charge < -0.3 is 15.2 Å². The number of hydrogen-bond donors (Lipinski definition) is 1. The third-order valence-electron chi connectivity index (χ3n) is 2.39. The third kappa shape index (κ3) is 3.10. The zero-order valence-corrected chi connectivity index (χ0v) is 10.3. The van der Waals surface area contributed by atoms with Crippen molar-refractivity contribution in [3.05, 3.63) is 41.9 Å². The highest BCUT2D eigenvalue weighted by molar-refractivity contribution is 5.46. The van der Waals surface area contributed by atoms with E-state index in [1.165, 1.54) is 13.3 Å². The van der Waals surface area contributed by atoms with Gasteiger partial charge in [0.2, 0.25) is 0 Å². The number of benzene rings is 1. The lowest BCUT2D eigenvalue weighted by Crippen LogP contribution is -2.02. The van der Waals surface area contributed by atoms with Crippen molar-refractivity contribution >= 4 is 5.82 Å². The Hall–Kier alpha value is -2.81. The number of aromatic nitrogens is 2. The number of nitriles is 1. The fourth-order valence-electron chi connectivity index (χ4n) is 1.45. The summed E-state index contributed by atoms with van der Waals surface area (Å²) in [5.74, 6) is 1.40. The maximum atomic E-state index is 8.81. The first-order valence-electron chi connectivity index (χ1n) is 5.50. The summed E-state index contributed by atoms with van der Waals surface area (Å²) in [6.45, 7) is 0.246. The van der Waals surface area contributed by atoms with Crippen molar-refractivity contribution in [1.82, 2.24) is 9.97 Å². The fraction of sp³-hybridized carbons (Fsp3) is 0.154. The summed E-state index contributed by atoms with van der Waals surface area (Å²) in [6.07, 6.45) is 3.01. The lowest BCUT2D eigenvalue weighted by atomic mass is 10.2. The molecule has 6 heteroatoms. The lowest BCUT2D eigenvalue weighted by Gasteiger charge is -2.10. The number of rotatable bonds is 4. The normalized spacial score (nSPS) is 9.68. The second-order valence-electron chi connectivity index (χ2n) is 3.70. The van der Waals surface area contributed by atoms with Gasteiger partial charge in [-0.1, -0.05) is 0 Å². The van der Waals surface area contributed by atoms with Crippen LogP contribution in [0.1, 0.15) is 11.3 Å². The van der Waals surface area contributed by atoms with E-state index in [1.54, 1.807) is 24.4 Å². The number of ether oxygens (including phenoxy) is 2. The Bertz CT molecular complexity index is 605. The molecule has 19 heavy (non-hydrogen) atoms. The smallest absolute Gasteiger partial charge is 0.162 e. The van der Waals surface area contributed by atoms with E-state index in [0.29, 0.717) is 28.6 Å². The van der Waals surface area contributed by atoms with Crippen LogP contribution in [0.4, 0.5) is 5.82 Å². The molecule has 1 aromatic heterocycles. The van der Waals surface area contributed by atoms with E-state index < -0.39 is 0 Å². The predicted octanol–water partition coefficient (Wildman–Crippen LogP) is 1.52. The first kappa shape index (κ1) is 12.6. The van der Waals surface area contributed by atoms with E-state index in [9.17, 15) is 0 Å². The van der Waals surface area contributed by atoms with Gasteiger partial charge in [-0.15, -0.1) is 0 Å². The van der Waals surface area contributed by atoms with E-state index in [0.717, 1.165) is 0 Å². The van der Waals surface area contributed by atoms with Gasteiger partial charge in [0.1, 0.15) is 12.4 Å². The molecule has 2 aromatic rings. The second-order valence-corrected chi connectivity index (χ2v) is 3.70. The van der Waals surface area contributed by atoms with E-state index in [4.69, 9.17) is 20.5 Å². The number of nitrogens with two attached hydrogens (primary N) is 1. The Morgan fingerprint density at radius 2 is 2.11 bits per heavy atom. The molecule has 96 valence electrons. The highest BCUT2D eigenvalue weighted by atomic mass is 16.5. The standard InChI is InChI=1S/C13H12N4O2/c1-18-12-4-9(5-14)2-3-11(12)19-8-10-6-17-13(15)7-16-10/h2-4,6-7H,8H2,1H3,(H2,15,17). The highest BCUT2D eigenvalue weighted by Crippen LogP contribution is 2.28. The molecule has 0 atom stereocenters. The van der Waals surface area contributed by atoms with Gasteiger partial charge in [-0.2, -0.15) is 5.26 Å². The number of nitrogen functional groups attached to an aromatic ring is 1. The molecule has 2 rings (SSSR count). The Morgan fingerprint density at radius 1 is 1.26 bits per heavy atom. The summed E-state index contributed by atoms with van der Waals surface area (Å²) in [5.41, 5.74) is 6.61. The molecule has 0 bridgehead atoms. The summed E-state index contributed by atoms with van der Waals surface area (Å²) in [5, 5.41) is 8.81. The molecule has 0 spiro atoms. The fourth-order valence-corrected chi connectivity index (χ4v) is 1.45. The van der Waals surface area contributed by atoms with Gasteiger partial charge in [0.05, 0.1) is 36.8 Å². The van der Waals surface area contributed by atoms with Crippen LogP contribution in [0.2, 0.25) is 0 Å². The molecule has 0 saturated carbocycles. The van der Waals surface area contributed by atoms with Crippen LogP contribution in [0, 0.1) is 11.3 Å². The summed E-state index contributed by atoms with van der Waals surface area (Å²) >= 11 is 0. The molecule has 0 aliphatic rings. The highest BCUT2D eigenvalue weighted by Gasteiger charge is 2.06. The molecule has 0 fully saturated rings. The van der Waals surface area contributed by atoms with Crippen molar-refractivity contribution in [2.75, 3.05) is 12.8 Å². The van der Waals surface area contributed by atoms with Gasteiger partial charge >= 0.3 is 0 Å². The Labute approximate surface area is 110 Å². The van der Waals surface area contributed by atoms with Crippen molar-refractivity contribution in [2.24, 2.45) is 0 Å². The first-order valence-corrected chi connectivity index (χ1v) is 5.50. The second kappa shape index (κ2) is 5.69.